The highest BCUT2D eigenvalue weighted by atomic mass is 16.5. The Hall–Kier alpha value is -1.36. The van der Waals surface area contributed by atoms with E-state index in [1.165, 1.54) is 0 Å². The number of likely N-dealkylation sites (tertiary alicyclic amines) is 1. The standard InChI is InChI=1S/C12H19N3O2/c1-9-8-11(17-14-9)10-4-3-7-15(10)12(16)5-2-6-13/h8,10H,2-7,13H2,1H3. The molecule has 17 heavy (non-hydrogen) atoms. The van der Waals surface area contributed by atoms with E-state index in [-0.39, 0.29) is 11.9 Å². The van der Waals surface area contributed by atoms with E-state index in [0.717, 1.165) is 37.3 Å². The zero-order valence-corrected chi connectivity index (χ0v) is 10.2. The minimum atomic E-state index is 0.0708. The van der Waals surface area contributed by atoms with Gasteiger partial charge in [-0.05, 0) is 32.7 Å². The van der Waals surface area contributed by atoms with Crippen LogP contribution in [0.4, 0.5) is 0 Å². The topological polar surface area (TPSA) is 72.4 Å². The van der Waals surface area contributed by atoms with Gasteiger partial charge in [0.1, 0.15) is 0 Å². The minimum absolute atomic E-state index is 0.0708. The third-order valence-electron chi connectivity index (χ3n) is 3.14. The summed E-state index contributed by atoms with van der Waals surface area (Å²) < 4.78 is 5.26. The van der Waals surface area contributed by atoms with Crippen LogP contribution in [0.25, 0.3) is 0 Å². The second kappa shape index (κ2) is 5.31. The van der Waals surface area contributed by atoms with Gasteiger partial charge in [-0.1, -0.05) is 5.16 Å². The summed E-state index contributed by atoms with van der Waals surface area (Å²) in [4.78, 5) is 13.9. The normalized spacial score (nSPS) is 19.9. The molecule has 1 aliphatic heterocycles. The molecule has 2 heterocycles. The number of rotatable bonds is 4. The third-order valence-corrected chi connectivity index (χ3v) is 3.14. The molecule has 0 radical (unpaired) electrons. The lowest BCUT2D eigenvalue weighted by Crippen LogP contribution is -2.30. The molecule has 0 bridgehead atoms. The number of nitrogens with zero attached hydrogens (tertiary/aromatic N) is 2. The molecule has 1 aromatic rings. The Bertz CT molecular complexity index is 389. The van der Waals surface area contributed by atoms with Gasteiger partial charge in [-0.2, -0.15) is 0 Å². The first-order valence-corrected chi connectivity index (χ1v) is 6.15. The summed E-state index contributed by atoms with van der Waals surface area (Å²) >= 11 is 0. The fraction of sp³-hybridized carbons (Fsp3) is 0.667. The lowest BCUT2D eigenvalue weighted by atomic mass is 10.1. The Morgan fingerprint density at radius 1 is 1.71 bits per heavy atom. The van der Waals surface area contributed by atoms with Crippen LogP contribution in [0.1, 0.15) is 43.2 Å². The Kier molecular flexibility index (Phi) is 3.78. The summed E-state index contributed by atoms with van der Waals surface area (Å²) in [7, 11) is 0. The second-order valence-corrected chi connectivity index (χ2v) is 4.51. The van der Waals surface area contributed by atoms with E-state index < -0.39 is 0 Å². The molecule has 0 aromatic carbocycles. The molecule has 2 N–H and O–H groups in total. The highest BCUT2D eigenvalue weighted by Gasteiger charge is 2.31. The lowest BCUT2D eigenvalue weighted by molar-refractivity contribution is -0.132. The van der Waals surface area contributed by atoms with Gasteiger partial charge in [0, 0.05) is 19.0 Å². The summed E-state index contributed by atoms with van der Waals surface area (Å²) in [6.45, 7) is 3.27. The van der Waals surface area contributed by atoms with Gasteiger partial charge in [0.25, 0.3) is 0 Å². The maximum absolute atomic E-state index is 12.0. The van der Waals surface area contributed by atoms with Gasteiger partial charge >= 0.3 is 0 Å². The molecule has 1 saturated heterocycles. The van der Waals surface area contributed by atoms with Crippen molar-refractivity contribution in [3.05, 3.63) is 17.5 Å². The highest BCUT2D eigenvalue weighted by molar-refractivity contribution is 5.76. The molecule has 94 valence electrons. The van der Waals surface area contributed by atoms with Crippen LogP contribution in [-0.4, -0.2) is 29.1 Å². The van der Waals surface area contributed by atoms with E-state index in [4.69, 9.17) is 10.3 Å². The highest BCUT2D eigenvalue weighted by Crippen LogP contribution is 2.32. The van der Waals surface area contributed by atoms with Crippen molar-refractivity contribution in [1.82, 2.24) is 10.1 Å². The average molecular weight is 237 g/mol. The Morgan fingerprint density at radius 3 is 3.18 bits per heavy atom. The van der Waals surface area contributed by atoms with Gasteiger partial charge in [-0.15, -0.1) is 0 Å². The van der Waals surface area contributed by atoms with Crippen LogP contribution >= 0.6 is 0 Å². The summed E-state index contributed by atoms with van der Waals surface area (Å²) in [5.41, 5.74) is 6.29. The number of aromatic nitrogens is 1. The Balaban J connectivity index is 2.04. The predicted molar refractivity (Wildman–Crippen MR) is 63.2 cm³/mol. The van der Waals surface area contributed by atoms with Crippen LogP contribution in [0.2, 0.25) is 0 Å². The van der Waals surface area contributed by atoms with E-state index in [1.807, 2.05) is 17.9 Å². The first-order chi connectivity index (χ1) is 8.22. The number of hydrogen-bond donors (Lipinski definition) is 1. The van der Waals surface area contributed by atoms with Crippen LogP contribution < -0.4 is 5.73 Å². The molecule has 1 fully saturated rings. The van der Waals surface area contributed by atoms with Crippen LogP contribution in [-0.2, 0) is 4.79 Å². The first-order valence-electron chi connectivity index (χ1n) is 6.15. The summed E-state index contributed by atoms with van der Waals surface area (Å²) in [6.07, 6.45) is 3.26. The third kappa shape index (κ3) is 2.66. The molecule has 5 heteroatoms. The zero-order valence-electron chi connectivity index (χ0n) is 10.2. The van der Waals surface area contributed by atoms with E-state index in [2.05, 4.69) is 5.16 Å². The van der Waals surface area contributed by atoms with Crippen LogP contribution in [0.15, 0.2) is 10.6 Å². The van der Waals surface area contributed by atoms with Crippen molar-refractivity contribution in [2.24, 2.45) is 5.73 Å². The summed E-state index contributed by atoms with van der Waals surface area (Å²) in [5.74, 6) is 0.980. The second-order valence-electron chi connectivity index (χ2n) is 4.51. The molecule has 1 atom stereocenters. The number of carbonyl (C=O) groups excluding carboxylic acids is 1. The van der Waals surface area contributed by atoms with Crippen molar-refractivity contribution in [3.63, 3.8) is 0 Å². The number of hydrogen-bond acceptors (Lipinski definition) is 4. The van der Waals surface area contributed by atoms with Crippen molar-refractivity contribution >= 4 is 5.91 Å². The van der Waals surface area contributed by atoms with Gasteiger partial charge in [-0.3, -0.25) is 4.79 Å². The van der Waals surface area contributed by atoms with Gasteiger partial charge in [0.05, 0.1) is 11.7 Å². The number of nitrogens with two attached hydrogens (primary N) is 1. The van der Waals surface area contributed by atoms with E-state index in [1.54, 1.807) is 0 Å². The van der Waals surface area contributed by atoms with Crippen LogP contribution in [0.5, 0.6) is 0 Å². The fourth-order valence-electron chi connectivity index (χ4n) is 2.30. The Morgan fingerprint density at radius 2 is 2.53 bits per heavy atom. The molecular weight excluding hydrogens is 218 g/mol. The molecule has 0 spiro atoms. The number of carbonyl (C=O) groups is 1. The van der Waals surface area contributed by atoms with Gasteiger partial charge in [0.2, 0.25) is 5.91 Å². The maximum Gasteiger partial charge on any atom is 0.223 e. The lowest BCUT2D eigenvalue weighted by Gasteiger charge is -2.22. The van der Waals surface area contributed by atoms with Crippen molar-refractivity contribution in [1.29, 1.82) is 0 Å². The van der Waals surface area contributed by atoms with Crippen molar-refractivity contribution < 1.29 is 9.32 Å². The van der Waals surface area contributed by atoms with Gasteiger partial charge in [-0.25, -0.2) is 0 Å². The SMILES string of the molecule is Cc1cc(C2CCCN2C(=O)CCCN)on1. The fourth-order valence-corrected chi connectivity index (χ4v) is 2.30. The zero-order chi connectivity index (χ0) is 12.3. The molecule has 2 rings (SSSR count). The van der Waals surface area contributed by atoms with Crippen LogP contribution in [0, 0.1) is 6.92 Å². The molecule has 5 nitrogen and oxygen atoms in total. The van der Waals surface area contributed by atoms with Crippen LogP contribution in [0.3, 0.4) is 0 Å². The maximum atomic E-state index is 12.0. The molecule has 0 saturated carbocycles. The summed E-state index contributed by atoms with van der Waals surface area (Å²) in [6, 6.07) is 1.99. The monoisotopic (exact) mass is 237 g/mol. The molecular formula is C12H19N3O2. The molecule has 1 unspecified atom stereocenters. The smallest absolute Gasteiger partial charge is 0.223 e. The van der Waals surface area contributed by atoms with Gasteiger partial charge < -0.3 is 15.2 Å². The number of amides is 1. The average Bonchev–Trinajstić information content (AvgIpc) is 2.93. The predicted octanol–water partition coefficient (Wildman–Crippen LogP) is 1.39. The quantitative estimate of drug-likeness (QED) is 0.858. The summed E-state index contributed by atoms with van der Waals surface area (Å²) in [5, 5.41) is 3.88. The van der Waals surface area contributed by atoms with Gasteiger partial charge in [0.15, 0.2) is 5.76 Å². The van der Waals surface area contributed by atoms with E-state index in [9.17, 15) is 4.79 Å². The minimum Gasteiger partial charge on any atom is -0.359 e. The largest absolute Gasteiger partial charge is 0.359 e. The van der Waals surface area contributed by atoms with E-state index in [0.29, 0.717) is 13.0 Å². The van der Waals surface area contributed by atoms with Crippen molar-refractivity contribution in [3.8, 4) is 0 Å². The molecule has 1 amide bonds. The van der Waals surface area contributed by atoms with E-state index >= 15 is 0 Å². The van der Waals surface area contributed by atoms with Crippen molar-refractivity contribution in [2.75, 3.05) is 13.1 Å². The molecule has 0 aliphatic carbocycles. The number of aryl methyl sites for hydroxylation is 1. The molecule has 1 aliphatic rings. The van der Waals surface area contributed by atoms with Crippen molar-refractivity contribution in [2.45, 2.75) is 38.6 Å². The first kappa shape index (κ1) is 12.1. The molecule has 1 aromatic heterocycles. The Labute approximate surface area is 101 Å².